The third-order valence-corrected chi connectivity index (χ3v) is 3.51. The van der Waals surface area contributed by atoms with Crippen molar-refractivity contribution in [3.8, 4) is 0 Å². The third kappa shape index (κ3) is 5.41. The van der Waals surface area contributed by atoms with E-state index in [1.165, 1.54) is 0 Å². The largest absolute Gasteiger partial charge is 0.395 e. The molecule has 0 N–H and O–H groups in total. The Kier molecular flexibility index (Phi) is 4.96. The molecular formula is C8H20O2Si. The van der Waals surface area contributed by atoms with Gasteiger partial charge in [-0.2, -0.15) is 0 Å². The van der Waals surface area contributed by atoms with E-state index in [1.54, 1.807) is 0 Å². The van der Waals surface area contributed by atoms with Crippen molar-refractivity contribution in [1.82, 2.24) is 0 Å². The average molecular weight is 176 g/mol. The van der Waals surface area contributed by atoms with Gasteiger partial charge in [0.1, 0.15) is 0 Å². The molecule has 0 unspecified atom stereocenters. The van der Waals surface area contributed by atoms with Gasteiger partial charge in [-0.1, -0.05) is 6.92 Å². The molecule has 0 bridgehead atoms. The van der Waals surface area contributed by atoms with Crippen LogP contribution in [0.1, 0.15) is 27.2 Å². The highest BCUT2D eigenvalue weighted by Gasteiger charge is 2.25. The SMILES string of the molecule is CCO[Si](C)(C)O[C@H](C)CC. The Morgan fingerprint density at radius 2 is 1.82 bits per heavy atom. The molecule has 1 atom stereocenters. The zero-order valence-corrected chi connectivity index (χ0v) is 9.31. The van der Waals surface area contributed by atoms with Gasteiger partial charge >= 0.3 is 8.56 Å². The lowest BCUT2D eigenvalue weighted by atomic mass is 10.3. The molecule has 0 aromatic carbocycles. The summed E-state index contributed by atoms with van der Waals surface area (Å²) in [6.07, 6.45) is 1.40. The zero-order valence-electron chi connectivity index (χ0n) is 8.31. The van der Waals surface area contributed by atoms with E-state index in [-0.39, 0.29) is 0 Å². The Morgan fingerprint density at radius 3 is 2.18 bits per heavy atom. The quantitative estimate of drug-likeness (QED) is 0.599. The van der Waals surface area contributed by atoms with E-state index in [0.717, 1.165) is 13.0 Å². The Labute approximate surface area is 71.1 Å². The summed E-state index contributed by atoms with van der Waals surface area (Å²) in [5, 5.41) is 0. The summed E-state index contributed by atoms with van der Waals surface area (Å²) in [5.41, 5.74) is 0. The average Bonchev–Trinajstić information content (AvgIpc) is 1.86. The summed E-state index contributed by atoms with van der Waals surface area (Å²) in [6.45, 7) is 11.2. The third-order valence-electron chi connectivity index (χ3n) is 1.55. The smallest absolute Gasteiger partial charge is 0.331 e. The minimum absolute atomic E-state index is 0.336. The van der Waals surface area contributed by atoms with Gasteiger partial charge in [-0.25, -0.2) is 0 Å². The molecule has 0 aromatic rings. The lowest BCUT2D eigenvalue weighted by molar-refractivity contribution is 0.133. The molecule has 0 spiro atoms. The first-order valence-electron chi connectivity index (χ1n) is 4.33. The molecule has 0 saturated heterocycles. The zero-order chi connectivity index (χ0) is 8.91. The molecule has 0 aromatic heterocycles. The van der Waals surface area contributed by atoms with Gasteiger partial charge in [-0.15, -0.1) is 0 Å². The number of rotatable bonds is 5. The van der Waals surface area contributed by atoms with Crippen LogP contribution in [0.5, 0.6) is 0 Å². The normalized spacial score (nSPS) is 15.0. The van der Waals surface area contributed by atoms with Gasteiger partial charge in [0.25, 0.3) is 0 Å². The standard InChI is InChI=1S/C8H20O2Si/c1-6-8(3)10-11(4,5)9-7-2/h8H,6-7H2,1-5H3/t8-/m1/s1. The van der Waals surface area contributed by atoms with E-state index >= 15 is 0 Å². The van der Waals surface area contributed by atoms with Gasteiger partial charge in [-0.05, 0) is 33.4 Å². The van der Waals surface area contributed by atoms with Gasteiger partial charge in [-0.3, -0.25) is 0 Å². The topological polar surface area (TPSA) is 18.5 Å². The summed E-state index contributed by atoms with van der Waals surface area (Å²) in [6, 6.07) is 0. The molecule has 0 radical (unpaired) electrons. The molecule has 0 aliphatic heterocycles. The van der Waals surface area contributed by atoms with Crippen molar-refractivity contribution in [1.29, 1.82) is 0 Å². The van der Waals surface area contributed by atoms with Crippen molar-refractivity contribution in [3.63, 3.8) is 0 Å². The van der Waals surface area contributed by atoms with Gasteiger partial charge < -0.3 is 8.85 Å². The molecule has 0 fully saturated rings. The van der Waals surface area contributed by atoms with Crippen LogP contribution in [0.3, 0.4) is 0 Å². The predicted molar refractivity (Wildman–Crippen MR) is 49.9 cm³/mol. The first kappa shape index (κ1) is 11.1. The minimum atomic E-state index is -1.79. The second-order valence-corrected chi connectivity index (χ2v) is 6.49. The first-order valence-corrected chi connectivity index (χ1v) is 7.15. The van der Waals surface area contributed by atoms with Crippen molar-refractivity contribution >= 4 is 8.56 Å². The van der Waals surface area contributed by atoms with Gasteiger partial charge in [0, 0.05) is 12.7 Å². The highest BCUT2D eigenvalue weighted by Crippen LogP contribution is 2.10. The second-order valence-electron chi connectivity index (χ2n) is 3.17. The highest BCUT2D eigenvalue weighted by molar-refractivity contribution is 6.64. The van der Waals surface area contributed by atoms with Crippen LogP contribution in [0, 0.1) is 0 Å². The van der Waals surface area contributed by atoms with Crippen molar-refractivity contribution in [2.24, 2.45) is 0 Å². The number of hydrogen-bond donors (Lipinski definition) is 0. The van der Waals surface area contributed by atoms with Crippen LogP contribution in [-0.2, 0) is 8.85 Å². The molecule has 0 aliphatic carbocycles. The molecule has 0 saturated carbocycles. The van der Waals surface area contributed by atoms with Crippen LogP contribution in [-0.4, -0.2) is 21.3 Å². The summed E-state index contributed by atoms with van der Waals surface area (Å²) < 4.78 is 11.3. The van der Waals surface area contributed by atoms with Crippen LogP contribution >= 0.6 is 0 Å². The van der Waals surface area contributed by atoms with E-state index < -0.39 is 8.56 Å². The van der Waals surface area contributed by atoms with E-state index in [1.807, 2.05) is 6.92 Å². The lowest BCUT2D eigenvalue weighted by Crippen LogP contribution is -2.37. The predicted octanol–water partition coefficient (Wildman–Crippen LogP) is 2.54. The molecular weight excluding hydrogens is 156 g/mol. The summed E-state index contributed by atoms with van der Waals surface area (Å²) in [5.74, 6) is 0. The molecule has 0 aliphatic rings. The monoisotopic (exact) mass is 176 g/mol. The molecule has 0 heterocycles. The fourth-order valence-electron chi connectivity index (χ4n) is 0.949. The van der Waals surface area contributed by atoms with Crippen LogP contribution < -0.4 is 0 Å². The highest BCUT2D eigenvalue weighted by atomic mass is 28.4. The fraction of sp³-hybridized carbons (Fsp3) is 1.00. The Hall–Kier alpha value is 0.137. The summed E-state index contributed by atoms with van der Waals surface area (Å²) in [7, 11) is -1.79. The van der Waals surface area contributed by atoms with E-state index in [2.05, 4.69) is 26.9 Å². The van der Waals surface area contributed by atoms with Crippen molar-refractivity contribution in [2.75, 3.05) is 6.61 Å². The maximum Gasteiger partial charge on any atom is 0.331 e. The summed E-state index contributed by atoms with van der Waals surface area (Å²) >= 11 is 0. The number of hydrogen-bond acceptors (Lipinski definition) is 2. The minimum Gasteiger partial charge on any atom is -0.395 e. The van der Waals surface area contributed by atoms with Gasteiger partial charge in [0.05, 0.1) is 0 Å². The van der Waals surface area contributed by atoms with Crippen LogP contribution in [0.4, 0.5) is 0 Å². The maximum atomic E-state index is 5.74. The Balaban J connectivity index is 3.70. The van der Waals surface area contributed by atoms with Crippen molar-refractivity contribution in [2.45, 2.75) is 46.4 Å². The molecule has 68 valence electrons. The Bertz CT molecular complexity index is 104. The van der Waals surface area contributed by atoms with Crippen molar-refractivity contribution in [3.05, 3.63) is 0 Å². The molecule has 11 heavy (non-hydrogen) atoms. The van der Waals surface area contributed by atoms with E-state index in [4.69, 9.17) is 8.85 Å². The summed E-state index contributed by atoms with van der Waals surface area (Å²) in [4.78, 5) is 0. The van der Waals surface area contributed by atoms with E-state index in [0.29, 0.717) is 6.10 Å². The van der Waals surface area contributed by atoms with E-state index in [9.17, 15) is 0 Å². The second kappa shape index (κ2) is 4.90. The molecule has 0 amide bonds. The van der Waals surface area contributed by atoms with Gasteiger partial charge in [0.2, 0.25) is 0 Å². The molecule has 3 heteroatoms. The van der Waals surface area contributed by atoms with Crippen LogP contribution in [0.15, 0.2) is 0 Å². The van der Waals surface area contributed by atoms with Crippen LogP contribution in [0.2, 0.25) is 13.1 Å². The van der Waals surface area contributed by atoms with Gasteiger partial charge in [0.15, 0.2) is 0 Å². The fourth-order valence-corrected chi connectivity index (χ4v) is 2.85. The first-order chi connectivity index (χ1) is 5.02. The molecule has 2 nitrogen and oxygen atoms in total. The Morgan fingerprint density at radius 1 is 1.27 bits per heavy atom. The molecule has 0 rings (SSSR count). The maximum absolute atomic E-state index is 5.74. The van der Waals surface area contributed by atoms with Crippen LogP contribution in [0.25, 0.3) is 0 Å². The lowest BCUT2D eigenvalue weighted by Gasteiger charge is -2.25. The van der Waals surface area contributed by atoms with Crippen molar-refractivity contribution < 1.29 is 8.85 Å².